The van der Waals surface area contributed by atoms with Crippen LogP contribution in [0.1, 0.15) is 11.1 Å². The minimum Gasteiger partial charge on any atom is -0.443 e. The summed E-state index contributed by atoms with van der Waals surface area (Å²) in [6, 6.07) is 13.3. The Morgan fingerprint density at radius 3 is 2.90 bits per heavy atom. The van der Waals surface area contributed by atoms with Gasteiger partial charge < -0.3 is 9.64 Å². The third kappa shape index (κ3) is 3.89. The molecular weight excluding hydrogens is 421 g/mol. The molecule has 1 amide bonds. The minimum absolute atomic E-state index is 0.243. The maximum atomic E-state index is 15.0. The number of thioether (sulfide) groups is 1. The van der Waals surface area contributed by atoms with Gasteiger partial charge in [0.1, 0.15) is 16.3 Å². The molecule has 2 aliphatic rings. The molecule has 1 atom stereocenters. The van der Waals surface area contributed by atoms with Gasteiger partial charge in [0.2, 0.25) is 0 Å². The number of halogens is 1. The number of thiazole rings is 1. The summed E-state index contributed by atoms with van der Waals surface area (Å²) in [4.78, 5) is 20.1. The summed E-state index contributed by atoms with van der Waals surface area (Å²) in [5.41, 5.74) is 3.65. The van der Waals surface area contributed by atoms with Crippen molar-refractivity contribution in [2.75, 3.05) is 28.6 Å². The molecule has 2 aromatic carbocycles. The molecule has 0 spiro atoms. The van der Waals surface area contributed by atoms with Crippen molar-refractivity contribution in [3.8, 4) is 0 Å². The molecule has 0 bridgehead atoms. The first-order valence-corrected chi connectivity index (χ1v) is 11.7. The number of anilines is 2. The molecule has 1 saturated heterocycles. The van der Waals surface area contributed by atoms with Gasteiger partial charge in [0.25, 0.3) is 0 Å². The molecule has 5 rings (SSSR count). The maximum absolute atomic E-state index is 15.0. The third-order valence-electron chi connectivity index (χ3n) is 5.39. The van der Waals surface area contributed by atoms with E-state index in [1.165, 1.54) is 22.1 Å². The molecule has 8 heteroatoms. The Balaban J connectivity index is 1.27. The fourth-order valence-corrected chi connectivity index (χ4v) is 5.53. The lowest BCUT2D eigenvalue weighted by molar-refractivity contribution is 0.151. The van der Waals surface area contributed by atoms with E-state index in [9.17, 15) is 9.18 Å². The van der Waals surface area contributed by atoms with Crippen molar-refractivity contribution in [3.05, 3.63) is 71.0 Å². The fourth-order valence-electron chi connectivity index (χ4n) is 3.89. The van der Waals surface area contributed by atoms with Crippen LogP contribution in [0.5, 0.6) is 0 Å². The van der Waals surface area contributed by atoms with Gasteiger partial charge in [-0.05, 0) is 35.7 Å². The van der Waals surface area contributed by atoms with Crippen LogP contribution in [0, 0.1) is 5.82 Å². The highest BCUT2D eigenvalue weighted by atomic mass is 32.2. The molecular formula is C22H20FN3O2S2. The molecule has 0 radical (unpaired) electrons. The second-order valence-electron chi connectivity index (χ2n) is 7.30. The number of amides is 1. The average molecular weight is 442 g/mol. The van der Waals surface area contributed by atoms with Crippen LogP contribution in [-0.2, 0) is 17.7 Å². The topological polar surface area (TPSA) is 45.7 Å². The van der Waals surface area contributed by atoms with E-state index in [0.717, 1.165) is 17.3 Å². The second-order valence-corrected chi connectivity index (χ2v) is 9.46. The van der Waals surface area contributed by atoms with Gasteiger partial charge in [0.15, 0.2) is 0 Å². The number of rotatable bonds is 5. The number of aromatic nitrogens is 1. The van der Waals surface area contributed by atoms with E-state index in [0.29, 0.717) is 30.2 Å². The van der Waals surface area contributed by atoms with Crippen LogP contribution in [0.4, 0.5) is 20.6 Å². The number of carbonyl (C=O) groups is 1. The minimum atomic E-state index is -0.432. The van der Waals surface area contributed by atoms with E-state index >= 15 is 0 Å². The van der Waals surface area contributed by atoms with Gasteiger partial charge in [-0.25, -0.2) is 14.2 Å². The van der Waals surface area contributed by atoms with Crippen molar-refractivity contribution in [1.29, 1.82) is 0 Å². The number of benzene rings is 2. The predicted octanol–water partition coefficient (Wildman–Crippen LogP) is 4.96. The number of fused-ring (bicyclic) bond motifs is 1. The highest BCUT2D eigenvalue weighted by Crippen LogP contribution is 2.32. The molecule has 3 aromatic rings. The van der Waals surface area contributed by atoms with Crippen molar-refractivity contribution >= 4 is 40.6 Å². The standard InChI is InChI=1S/C22H20FN3O2S2/c23-19-11-17(26-13-18(28-22(26)27)14-30-21-24-8-10-29-21)5-6-20(19)25-9-7-15-3-1-2-4-16(15)12-25/h1-6,8,10-11,18H,7,9,12-14H2/t18-/m0/s1. The summed E-state index contributed by atoms with van der Waals surface area (Å²) < 4.78 is 21.4. The number of cyclic esters (lactones) is 1. The molecule has 3 heterocycles. The molecule has 1 aromatic heterocycles. The van der Waals surface area contributed by atoms with Gasteiger partial charge in [-0.3, -0.25) is 4.90 Å². The largest absolute Gasteiger partial charge is 0.443 e. The molecule has 0 N–H and O–H groups in total. The zero-order chi connectivity index (χ0) is 20.5. The van der Waals surface area contributed by atoms with E-state index < -0.39 is 6.09 Å². The van der Waals surface area contributed by atoms with E-state index in [1.807, 2.05) is 17.5 Å². The number of hydrogen-bond acceptors (Lipinski definition) is 6. The van der Waals surface area contributed by atoms with Crippen molar-refractivity contribution in [2.24, 2.45) is 0 Å². The number of ether oxygens (including phenoxy) is 1. The summed E-state index contributed by atoms with van der Waals surface area (Å²) in [5, 5.41) is 1.92. The van der Waals surface area contributed by atoms with Crippen molar-refractivity contribution in [2.45, 2.75) is 23.4 Å². The summed E-state index contributed by atoms with van der Waals surface area (Å²) in [5.74, 6) is 0.309. The van der Waals surface area contributed by atoms with Crippen molar-refractivity contribution in [3.63, 3.8) is 0 Å². The zero-order valence-corrected chi connectivity index (χ0v) is 17.8. The molecule has 30 heavy (non-hydrogen) atoms. The highest BCUT2D eigenvalue weighted by molar-refractivity contribution is 8.01. The van der Waals surface area contributed by atoms with Crippen LogP contribution in [0.3, 0.4) is 0 Å². The lowest BCUT2D eigenvalue weighted by atomic mass is 9.99. The number of nitrogens with zero attached hydrogens (tertiary/aromatic N) is 3. The molecule has 5 nitrogen and oxygen atoms in total. The Kier molecular flexibility index (Phi) is 5.35. The monoisotopic (exact) mass is 441 g/mol. The smallest absolute Gasteiger partial charge is 0.414 e. The van der Waals surface area contributed by atoms with E-state index in [4.69, 9.17) is 4.74 Å². The number of hydrogen-bond donors (Lipinski definition) is 0. The van der Waals surface area contributed by atoms with Crippen LogP contribution in [0.25, 0.3) is 0 Å². The fraction of sp³-hybridized carbons (Fsp3) is 0.273. The van der Waals surface area contributed by atoms with Crippen LogP contribution < -0.4 is 9.80 Å². The zero-order valence-electron chi connectivity index (χ0n) is 16.2. The summed E-state index contributed by atoms with van der Waals surface area (Å²) >= 11 is 3.13. The van der Waals surface area contributed by atoms with Crippen LogP contribution >= 0.6 is 23.1 Å². The second kappa shape index (κ2) is 8.28. The molecule has 0 saturated carbocycles. The van der Waals surface area contributed by atoms with Crippen LogP contribution in [0.15, 0.2) is 58.4 Å². The Hall–Kier alpha value is -2.58. The Morgan fingerprint density at radius 2 is 2.10 bits per heavy atom. The van der Waals surface area contributed by atoms with Gasteiger partial charge >= 0.3 is 6.09 Å². The summed E-state index contributed by atoms with van der Waals surface area (Å²) in [6.45, 7) is 1.87. The molecule has 0 unspecified atom stereocenters. The van der Waals surface area contributed by atoms with Gasteiger partial charge in [0, 0.05) is 30.4 Å². The first-order valence-electron chi connectivity index (χ1n) is 9.79. The highest BCUT2D eigenvalue weighted by Gasteiger charge is 2.33. The van der Waals surface area contributed by atoms with E-state index in [-0.39, 0.29) is 11.9 Å². The van der Waals surface area contributed by atoms with Crippen LogP contribution in [0.2, 0.25) is 0 Å². The van der Waals surface area contributed by atoms with Gasteiger partial charge in [-0.15, -0.1) is 11.3 Å². The Morgan fingerprint density at radius 1 is 1.23 bits per heavy atom. The van der Waals surface area contributed by atoms with Crippen molar-refractivity contribution in [1.82, 2.24) is 4.98 Å². The first kappa shape index (κ1) is 19.4. The first-order chi connectivity index (χ1) is 14.7. The maximum Gasteiger partial charge on any atom is 0.414 e. The molecule has 2 aliphatic heterocycles. The molecule has 154 valence electrons. The number of carbonyl (C=O) groups excluding carboxylic acids is 1. The Labute approximate surface area is 182 Å². The van der Waals surface area contributed by atoms with Crippen molar-refractivity contribution < 1.29 is 13.9 Å². The van der Waals surface area contributed by atoms with Crippen LogP contribution in [-0.4, -0.2) is 36.0 Å². The van der Waals surface area contributed by atoms with Gasteiger partial charge in [-0.2, -0.15) is 0 Å². The molecule has 1 fully saturated rings. The predicted molar refractivity (Wildman–Crippen MR) is 118 cm³/mol. The van der Waals surface area contributed by atoms with Gasteiger partial charge in [0.05, 0.1) is 17.9 Å². The third-order valence-corrected chi connectivity index (χ3v) is 7.49. The summed E-state index contributed by atoms with van der Waals surface area (Å²) in [6.07, 6.45) is 1.98. The van der Waals surface area contributed by atoms with E-state index in [2.05, 4.69) is 22.0 Å². The van der Waals surface area contributed by atoms with E-state index in [1.54, 1.807) is 41.4 Å². The Bertz CT molecular complexity index is 1060. The SMILES string of the molecule is O=C1O[C@H](CSc2nccs2)CN1c1ccc(N2CCc3ccccc3C2)c(F)c1. The normalized spacial score (nSPS) is 18.4. The lowest BCUT2D eigenvalue weighted by Gasteiger charge is -2.31. The average Bonchev–Trinajstić information content (AvgIpc) is 3.41. The van der Waals surface area contributed by atoms with Gasteiger partial charge in [-0.1, -0.05) is 36.0 Å². The lowest BCUT2D eigenvalue weighted by Crippen LogP contribution is -2.31. The molecule has 0 aliphatic carbocycles. The summed E-state index contributed by atoms with van der Waals surface area (Å²) in [7, 11) is 0. The quantitative estimate of drug-likeness (QED) is 0.524.